The van der Waals surface area contributed by atoms with Crippen molar-refractivity contribution in [2.75, 3.05) is 12.8 Å². The van der Waals surface area contributed by atoms with E-state index in [0.29, 0.717) is 0 Å². The van der Waals surface area contributed by atoms with Crippen molar-refractivity contribution in [2.45, 2.75) is 25.1 Å². The monoisotopic (exact) mass is 299 g/mol. The van der Waals surface area contributed by atoms with Crippen LogP contribution in [0.2, 0.25) is 5.02 Å². The highest BCUT2D eigenvalue weighted by atomic mass is 35.5. The molecule has 0 fully saturated rings. The normalized spacial score (nSPS) is 13.1. The molecule has 4 heteroatoms. The maximum atomic E-state index is 6.39. The molecule has 1 atom stereocenters. The van der Waals surface area contributed by atoms with Crippen molar-refractivity contribution >= 4 is 44.8 Å². The summed E-state index contributed by atoms with van der Waals surface area (Å²) in [4.78, 5) is 1.25. The SMILES string of the molecule is CSC(C)CCNCc1sc2ccccc2c1Cl. The molecule has 0 saturated heterocycles. The van der Waals surface area contributed by atoms with Gasteiger partial charge in [0.2, 0.25) is 0 Å². The van der Waals surface area contributed by atoms with Gasteiger partial charge in [0.1, 0.15) is 0 Å². The number of halogens is 1. The summed E-state index contributed by atoms with van der Waals surface area (Å²) in [5.41, 5.74) is 0. The maximum Gasteiger partial charge on any atom is 0.0636 e. The predicted molar refractivity (Wildman–Crippen MR) is 86.1 cm³/mol. The smallest absolute Gasteiger partial charge is 0.0636 e. The minimum absolute atomic E-state index is 0.718. The Morgan fingerprint density at radius 2 is 2.17 bits per heavy atom. The van der Waals surface area contributed by atoms with Gasteiger partial charge in [0, 0.05) is 26.8 Å². The molecular weight excluding hydrogens is 282 g/mol. The summed E-state index contributed by atoms with van der Waals surface area (Å²) in [6.07, 6.45) is 3.36. The van der Waals surface area contributed by atoms with Gasteiger partial charge in [-0.1, -0.05) is 36.7 Å². The fourth-order valence-electron chi connectivity index (χ4n) is 1.80. The third kappa shape index (κ3) is 3.41. The summed E-state index contributed by atoms with van der Waals surface area (Å²) in [5, 5.41) is 6.30. The Bertz CT molecular complexity index is 509. The standard InChI is InChI=1S/C14H18ClNS2/c1-10(17-2)7-8-16-9-13-14(15)11-5-3-4-6-12(11)18-13/h3-6,10,16H,7-9H2,1-2H3. The summed E-state index contributed by atoms with van der Waals surface area (Å²) in [7, 11) is 0. The van der Waals surface area contributed by atoms with E-state index in [1.165, 1.54) is 21.4 Å². The van der Waals surface area contributed by atoms with Crippen LogP contribution in [0.1, 0.15) is 18.2 Å². The molecule has 1 nitrogen and oxygen atoms in total. The molecule has 0 bridgehead atoms. The predicted octanol–water partition coefficient (Wildman–Crippen LogP) is 4.79. The van der Waals surface area contributed by atoms with Crippen LogP contribution < -0.4 is 5.32 Å². The Morgan fingerprint density at radius 1 is 1.39 bits per heavy atom. The van der Waals surface area contributed by atoms with Gasteiger partial charge in [-0.15, -0.1) is 11.3 Å². The van der Waals surface area contributed by atoms with Crippen molar-refractivity contribution in [3.05, 3.63) is 34.2 Å². The minimum Gasteiger partial charge on any atom is -0.312 e. The van der Waals surface area contributed by atoms with Gasteiger partial charge in [-0.2, -0.15) is 11.8 Å². The molecule has 1 aromatic carbocycles. The number of nitrogens with one attached hydrogen (secondary N) is 1. The first-order valence-corrected chi connectivity index (χ1v) is 8.60. The summed E-state index contributed by atoms with van der Waals surface area (Å²) >= 11 is 10.1. The Morgan fingerprint density at radius 3 is 2.89 bits per heavy atom. The van der Waals surface area contributed by atoms with Gasteiger partial charge < -0.3 is 5.32 Å². The van der Waals surface area contributed by atoms with Gasteiger partial charge in [0.15, 0.2) is 0 Å². The van der Waals surface area contributed by atoms with Crippen LogP contribution in [0.4, 0.5) is 0 Å². The molecule has 1 N–H and O–H groups in total. The van der Waals surface area contributed by atoms with Crippen LogP contribution in [0.25, 0.3) is 10.1 Å². The van der Waals surface area contributed by atoms with E-state index < -0.39 is 0 Å². The van der Waals surface area contributed by atoms with E-state index in [1.807, 2.05) is 17.8 Å². The molecule has 1 heterocycles. The summed E-state index contributed by atoms with van der Waals surface area (Å²) < 4.78 is 1.27. The number of thioether (sulfide) groups is 1. The highest BCUT2D eigenvalue weighted by molar-refractivity contribution is 7.99. The van der Waals surface area contributed by atoms with Crippen molar-refractivity contribution in [3.63, 3.8) is 0 Å². The Kier molecular flexibility index (Phi) is 5.37. The van der Waals surface area contributed by atoms with Crippen LogP contribution in [0.5, 0.6) is 0 Å². The van der Waals surface area contributed by atoms with Crippen LogP contribution in [0, 0.1) is 0 Å². The molecule has 0 aliphatic heterocycles. The third-order valence-electron chi connectivity index (χ3n) is 3.02. The molecule has 0 amide bonds. The van der Waals surface area contributed by atoms with Gasteiger partial charge >= 0.3 is 0 Å². The molecule has 98 valence electrons. The first kappa shape index (κ1) is 14.2. The maximum absolute atomic E-state index is 6.39. The third-order valence-corrected chi connectivity index (χ3v) is 5.77. The molecule has 0 radical (unpaired) electrons. The molecule has 2 rings (SSSR count). The minimum atomic E-state index is 0.718. The van der Waals surface area contributed by atoms with Crippen molar-refractivity contribution in [1.29, 1.82) is 0 Å². The van der Waals surface area contributed by atoms with Crippen molar-refractivity contribution in [1.82, 2.24) is 5.32 Å². The lowest BCUT2D eigenvalue weighted by Crippen LogP contribution is -2.17. The van der Waals surface area contributed by atoms with Crippen LogP contribution in [0.15, 0.2) is 24.3 Å². The summed E-state index contributed by atoms with van der Waals surface area (Å²) in [6.45, 7) is 4.19. The van der Waals surface area contributed by atoms with E-state index in [1.54, 1.807) is 11.3 Å². The lowest BCUT2D eigenvalue weighted by molar-refractivity contribution is 0.653. The molecule has 2 aromatic rings. The van der Waals surface area contributed by atoms with E-state index in [0.717, 1.165) is 23.4 Å². The molecule has 0 saturated carbocycles. The Hall–Kier alpha value is -0.220. The van der Waals surface area contributed by atoms with E-state index in [4.69, 9.17) is 11.6 Å². The van der Waals surface area contributed by atoms with Crippen LogP contribution in [-0.2, 0) is 6.54 Å². The zero-order valence-electron chi connectivity index (χ0n) is 10.7. The second-order valence-corrected chi connectivity index (χ2v) is 7.14. The number of hydrogen-bond acceptors (Lipinski definition) is 3. The largest absolute Gasteiger partial charge is 0.312 e. The van der Waals surface area contributed by atoms with Gasteiger partial charge in [0.25, 0.3) is 0 Å². The van der Waals surface area contributed by atoms with E-state index in [-0.39, 0.29) is 0 Å². The first-order valence-electron chi connectivity index (χ1n) is 6.11. The zero-order valence-corrected chi connectivity index (χ0v) is 13.1. The average molecular weight is 300 g/mol. The molecular formula is C14H18ClNS2. The van der Waals surface area contributed by atoms with Gasteiger partial charge in [-0.25, -0.2) is 0 Å². The van der Waals surface area contributed by atoms with Gasteiger partial charge in [-0.3, -0.25) is 0 Å². The van der Waals surface area contributed by atoms with Crippen LogP contribution >= 0.6 is 34.7 Å². The first-order chi connectivity index (χ1) is 8.72. The zero-order chi connectivity index (χ0) is 13.0. The molecule has 0 aliphatic carbocycles. The second-order valence-electron chi connectivity index (χ2n) is 4.35. The fourth-order valence-corrected chi connectivity index (χ4v) is 3.63. The molecule has 0 aliphatic rings. The van der Waals surface area contributed by atoms with E-state index in [9.17, 15) is 0 Å². The highest BCUT2D eigenvalue weighted by Gasteiger charge is 2.09. The topological polar surface area (TPSA) is 12.0 Å². The Balaban J connectivity index is 1.94. The second kappa shape index (κ2) is 6.80. The molecule has 0 spiro atoms. The number of benzene rings is 1. The molecule has 18 heavy (non-hydrogen) atoms. The number of fused-ring (bicyclic) bond motifs is 1. The van der Waals surface area contributed by atoms with Crippen LogP contribution in [-0.4, -0.2) is 18.1 Å². The lowest BCUT2D eigenvalue weighted by atomic mass is 10.2. The molecule has 1 unspecified atom stereocenters. The van der Waals surface area contributed by atoms with Crippen molar-refractivity contribution in [3.8, 4) is 0 Å². The number of rotatable bonds is 6. The van der Waals surface area contributed by atoms with Crippen LogP contribution in [0.3, 0.4) is 0 Å². The highest BCUT2D eigenvalue weighted by Crippen LogP contribution is 2.34. The lowest BCUT2D eigenvalue weighted by Gasteiger charge is -2.08. The number of hydrogen-bond donors (Lipinski definition) is 1. The molecule has 1 aromatic heterocycles. The fraction of sp³-hybridized carbons (Fsp3) is 0.429. The quantitative estimate of drug-likeness (QED) is 0.770. The Labute approximate surface area is 122 Å². The van der Waals surface area contributed by atoms with Gasteiger partial charge in [-0.05, 0) is 25.3 Å². The average Bonchev–Trinajstić information content (AvgIpc) is 2.72. The van der Waals surface area contributed by atoms with Crippen molar-refractivity contribution < 1.29 is 0 Å². The summed E-state index contributed by atoms with van der Waals surface area (Å²) in [5.74, 6) is 0. The van der Waals surface area contributed by atoms with E-state index in [2.05, 4.69) is 36.7 Å². The van der Waals surface area contributed by atoms with E-state index >= 15 is 0 Å². The van der Waals surface area contributed by atoms with Crippen molar-refractivity contribution in [2.24, 2.45) is 0 Å². The number of thiophene rings is 1. The summed E-state index contributed by atoms with van der Waals surface area (Å²) in [6, 6.07) is 8.32. The van der Waals surface area contributed by atoms with Gasteiger partial charge in [0.05, 0.1) is 5.02 Å².